The first-order valence-corrected chi connectivity index (χ1v) is 11.1. The molecule has 2 heterocycles. The topological polar surface area (TPSA) is 51.0 Å². The summed E-state index contributed by atoms with van der Waals surface area (Å²) < 4.78 is 3.00. The van der Waals surface area contributed by atoms with Crippen molar-refractivity contribution in [2.24, 2.45) is 0 Å². The number of hydrogen-bond donors (Lipinski definition) is 0. The third-order valence-electron chi connectivity index (χ3n) is 5.76. The first kappa shape index (κ1) is 18.6. The number of nitrogens with zero attached hydrogens (tertiary/aromatic N) is 4. The SMILES string of the molecule is O=C(c1nn(-c2cccc(Br)c2)c2c1CCCC2)N(Cc1cccnc1)C1CC1. The molecular formula is C23H23BrN4O. The number of rotatable bonds is 5. The molecule has 5 nitrogen and oxygen atoms in total. The second-order valence-electron chi connectivity index (χ2n) is 7.90. The van der Waals surface area contributed by atoms with Crippen LogP contribution >= 0.6 is 15.9 Å². The molecule has 3 aromatic rings. The highest BCUT2D eigenvalue weighted by atomic mass is 79.9. The van der Waals surface area contributed by atoms with Gasteiger partial charge in [-0.1, -0.05) is 28.1 Å². The van der Waals surface area contributed by atoms with Gasteiger partial charge in [-0.3, -0.25) is 9.78 Å². The van der Waals surface area contributed by atoms with Gasteiger partial charge in [-0.05, 0) is 68.4 Å². The fourth-order valence-electron chi connectivity index (χ4n) is 4.17. The Hall–Kier alpha value is -2.47. The normalized spacial score (nSPS) is 15.8. The van der Waals surface area contributed by atoms with E-state index >= 15 is 0 Å². The lowest BCUT2D eigenvalue weighted by Gasteiger charge is -2.22. The predicted molar refractivity (Wildman–Crippen MR) is 115 cm³/mol. The minimum Gasteiger partial charge on any atom is -0.330 e. The molecule has 2 aromatic heterocycles. The molecule has 1 amide bonds. The fraction of sp³-hybridized carbons (Fsp3) is 0.348. The van der Waals surface area contributed by atoms with Crippen molar-refractivity contribution in [2.45, 2.75) is 51.1 Å². The Balaban J connectivity index is 1.53. The van der Waals surface area contributed by atoms with E-state index in [1.54, 1.807) is 6.20 Å². The summed E-state index contributed by atoms with van der Waals surface area (Å²) in [6, 6.07) is 12.4. The van der Waals surface area contributed by atoms with Gasteiger partial charge in [-0.15, -0.1) is 0 Å². The maximum atomic E-state index is 13.6. The van der Waals surface area contributed by atoms with Crippen molar-refractivity contribution in [3.8, 4) is 5.69 Å². The Morgan fingerprint density at radius 2 is 2.03 bits per heavy atom. The van der Waals surface area contributed by atoms with Crippen LogP contribution in [0.4, 0.5) is 0 Å². The molecule has 0 saturated heterocycles. The highest BCUT2D eigenvalue weighted by molar-refractivity contribution is 9.10. The summed E-state index contributed by atoms with van der Waals surface area (Å²) in [5.41, 5.74) is 5.03. The number of fused-ring (bicyclic) bond motifs is 1. The number of carbonyl (C=O) groups excluding carboxylic acids is 1. The van der Waals surface area contributed by atoms with E-state index in [9.17, 15) is 4.79 Å². The van der Waals surface area contributed by atoms with Gasteiger partial charge in [0.2, 0.25) is 0 Å². The summed E-state index contributed by atoms with van der Waals surface area (Å²) in [6.07, 6.45) is 9.90. The molecule has 0 aliphatic heterocycles. The number of hydrogen-bond acceptors (Lipinski definition) is 3. The van der Waals surface area contributed by atoms with Gasteiger partial charge in [0, 0.05) is 40.7 Å². The maximum absolute atomic E-state index is 13.6. The fourth-order valence-corrected chi connectivity index (χ4v) is 4.56. The molecule has 6 heteroatoms. The van der Waals surface area contributed by atoms with Crippen LogP contribution < -0.4 is 0 Å². The third-order valence-corrected chi connectivity index (χ3v) is 6.25. The van der Waals surface area contributed by atoms with E-state index in [4.69, 9.17) is 5.10 Å². The standard InChI is InChI=1S/C23H23BrN4O/c24-17-6-3-7-19(13-17)28-21-9-2-1-8-20(21)22(26-28)23(29)27(18-10-11-18)15-16-5-4-12-25-14-16/h3-7,12-14,18H,1-2,8-11,15H2. The van der Waals surface area contributed by atoms with Crippen LogP contribution in [0.2, 0.25) is 0 Å². The molecule has 29 heavy (non-hydrogen) atoms. The number of benzene rings is 1. The van der Waals surface area contributed by atoms with Crippen LogP contribution in [0.25, 0.3) is 5.69 Å². The van der Waals surface area contributed by atoms with Crippen LogP contribution in [0.5, 0.6) is 0 Å². The largest absolute Gasteiger partial charge is 0.330 e. The molecule has 1 saturated carbocycles. The van der Waals surface area contributed by atoms with Gasteiger partial charge in [-0.25, -0.2) is 4.68 Å². The van der Waals surface area contributed by atoms with E-state index in [-0.39, 0.29) is 5.91 Å². The lowest BCUT2D eigenvalue weighted by molar-refractivity contribution is 0.0722. The van der Waals surface area contributed by atoms with Gasteiger partial charge >= 0.3 is 0 Å². The van der Waals surface area contributed by atoms with Crippen molar-refractivity contribution in [1.82, 2.24) is 19.7 Å². The summed E-state index contributed by atoms with van der Waals surface area (Å²) in [5.74, 6) is 0.0586. The second kappa shape index (κ2) is 7.75. The van der Waals surface area contributed by atoms with E-state index in [0.29, 0.717) is 18.3 Å². The molecule has 1 aromatic carbocycles. The van der Waals surface area contributed by atoms with E-state index in [1.165, 1.54) is 5.69 Å². The first-order valence-electron chi connectivity index (χ1n) is 10.3. The molecule has 2 aliphatic carbocycles. The molecule has 1 fully saturated rings. The number of aromatic nitrogens is 3. The second-order valence-corrected chi connectivity index (χ2v) is 8.81. The zero-order valence-corrected chi connectivity index (χ0v) is 17.8. The Morgan fingerprint density at radius 1 is 1.17 bits per heavy atom. The smallest absolute Gasteiger partial charge is 0.275 e. The number of amides is 1. The average molecular weight is 451 g/mol. The maximum Gasteiger partial charge on any atom is 0.275 e. The summed E-state index contributed by atoms with van der Waals surface area (Å²) in [5, 5.41) is 4.86. The van der Waals surface area contributed by atoms with Gasteiger partial charge < -0.3 is 4.90 Å². The van der Waals surface area contributed by atoms with Gasteiger partial charge in [0.25, 0.3) is 5.91 Å². The molecule has 0 unspecified atom stereocenters. The number of pyridine rings is 1. The van der Waals surface area contributed by atoms with Crippen LogP contribution in [-0.4, -0.2) is 31.6 Å². The summed E-state index contributed by atoms with van der Waals surface area (Å²) in [7, 11) is 0. The van der Waals surface area contributed by atoms with Crippen molar-refractivity contribution in [3.63, 3.8) is 0 Å². The highest BCUT2D eigenvalue weighted by Crippen LogP contribution is 2.33. The van der Waals surface area contributed by atoms with E-state index in [2.05, 4.69) is 33.0 Å². The van der Waals surface area contributed by atoms with Crippen molar-refractivity contribution < 1.29 is 4.79 Å². The molecule has 0 N–H and O–H groups in total. The van der Waals surface area contributed by atoms with Gasteiger partial charge in [0.1, 0.15) is 0 Å². The summed E-state index contributed by atoms with van der Waals surface area (Å²) in [4.78, 5) is 19.8. The molecule has 0 spiro atoms. The lowest BCUT2D eigenvalue weighted by Crippen LogP contribution is -2.33. The number of carbonyl (C=O) groups is 1. The van der Waals surface area contributed by atoms with Crippen LogP contribution in [0, 0.1) is 0 Å². The van der Waals surface area contributed by atoms with Crippen molar-refractivity contribution in [2.75, 3.05) is 0 Å². The summed E-state index contributed by atoms with van der Waals surface area (Å²) >= 11 is 3.56. The molecule has 0 bridgehead atoms. The van der Waals surface area contributed by atoms with Crippen molar-refractivity contribution in [1.29, 1.82) is 0 Å². The first-order chi connectivity index (χ1) is 14.2. The zero-order valence-electron chi connectivity index (χ0n) is 16.2. The molecular weight excluding hydrogens is 428 g/mol. The average Bonchev–Trinajstić information content (AvgIpc) is 3.52. The highest BCUT2D eigenvalue weighted by Gasteiger charge is 2.36. The summed E-state index contributed by atoms with van der Waals surface area (Å²) in [6.45, 7) is 0.593. The van der Waals surface area contributed by atoms with E-state index in [1.807, 2.05) is 40.0 Å². The third kappa shape index (κ3) is 3.73. The molecule has 0 radical (unpaired) electrons. The predicted octanol–water partition coefficient (Wildman–Crippen LogP) is 4.71. The van der Waals surface area contributed by atoms with Crippen LogP contribution in [-0.2, 0) is 19.4 Å². The van der Waals surface area contributed by atoms with Gasteiger partial charge in [0.05, 0.1) is 5.69 Å². The van der Waals surface area contributed by atoms with E-state index < -0.39 is 0 Å². The van der Waals surface area contributed by atoms with E-state index in [0.717, 1.165) is 59.8 Å². The molecule has 148 valence electrons. The van der Waals surface area contributed by atoms with Gasteiger partial charge in [0.15, 0.2) is 5.69 Å². The molecule has 5 rings (SSSR count). The molecule has 2 aliphatic rings. The Labute approximate surface area is 178 Å². The minimum atomic E-state index is 0.0586. The monoisotopic (exact) mass is 450 g/mol. The van der Waals surface area contributed by atoms with Crippen molar-refractivity contribution >= 4 is 21.8 Å². The lowest BCUT2D eigenvalue weighted by atomic mass is 9.95. The Kier molecular flexibility index (Phi) is 4.96. The zero-order chi connectivity index (χ0) is 19.8. The molecule has 0 atom stereocenters. The Morgan fingerprint density at radius 3 is 2.79 bits per heavy atom. The van der Waals surface area contributed by atoms with Gasteiger partial charge in [-0.2, -0.15) is 5.10 Å². The van der Waals surface area contributed by atoms with Crippen LogP contribution in [0.1, 0.15) is 53.0 Å². The van der Waals surface area contributed by atoms with Crippen molar-refractivity contribution in [3.05, 3.63) is 75.8 Å². The van der Waals surface area contributed by atoms with Crippen LogP contribution in [0.3, 0.4) is 0 Å². The van der Waals surface area contributed by atoms with Crippen LogP contribution in [0.15, 0.2) is 53.3 Å². The number of halogens is 1. The quantitative estimate of drug-likeness (QED) is 0.565. The minimum absolute atomic E-state index is 0.0586. The Bertz CT molecular complexity index is 1040.